The summed E-state index contributed by atoms with van der Waals surface area (Å²) >= 11 is 10.1. The first-order valence-electron chi connectivity index (χ1n) is 1.66. The summed E-state index contributed by atoms with van der Waals surface area (Å²) in [6.07, 6.45) is 0.357. The highest BCUT2D eigenvalue weighted by Gasteiger charge is 2.13. The molecule has 0 bridgehead atoms. The topological polar surface area (TPSA) is 20.2 Å². The summed E-state index contributed by atoms with van der Waals surface area (Å²) in [5, 5.41) is 8.36. The van der Waals surface area contributed by atoms with Crippen molar-refractivity contribution in [2.75, 3.05) is 0 Å². The van der Waals surface area contributed by atoms with E-state index in [2.05, 4.69) is 0 Å². The van der Waals surface area contributed by atoms with Gasteiger partial charge < -0.3 is 5.11 Å². The van der Waals surface area contributed by atoms with Crippen molar-refractivity contribution in [1.29, 1.82) is 0 Å². The normalized spacial score (nSPS) is 12.0. The Morgan fingerprint density at radius 2 is 2.00 bits per heavy atom. The molecule has 3 heteroatoms. The van der Waals surface area contributed by atoms with Crippen LogP contribution < -0.4 is 0 Å². The Bertz CT molecular complexity index is 42.7. The van der Waals surface area contributed by atoms with Crippen LogP contribution in [0.1, 0.15) is 14.8 Å². The number of hydrogen-bond donors (Lipinski definition) is 1. The minimum atomic E-state index is -1.51. The summed E-state index contributed by atoms with van der Waals surface area (Å²) < 4.78 is -1.51. The molecule has 0 rings (SSSR count). The standard InChI is InChI=1S/C3H6Cl2O/c1-2-3(4,5)6/h6H,2H2,1H3/p+1. The Balaban J connectivity index is 0. The zero-order valence-corrected chi connectivity index (χ0v) is 4.92. The fourth-order valence-electron chi connectivity index (χ4n) is 0. The maximum atomic E-state index is 8.36. The van der Waals surface area contributed by atoms with E-state index in [0.717, 1.165) is 0 Å². The highest BCUT2D eigenvalue weighted by molar-refractivity contribution is 6.46. The minimum absolute atomic E-state index is 0. The van der Waals surface area contributed by atoms with Crippen LogP contribution in [0.25, 0.3) is 0 Å². The zero-order valence-electron chi connectivity index (χ0n) is 4.41. The maximum absolute atomic E-state index is 8.36. The number of hydrogen-bond acceptors (Lipinski definition) is 1. The quantitative estimate of drug-likeness (QED) is 0.535. The lowest BCUT2D eigenvalue weighted by Crippen LogP contribution is -2.06. The van der Waals surface area contributed by atoms with E-state index in [1.165, 1.54) is 0 Å². The van der Waals surface area contributed by atoms with E-state index >= 15 is 0 Å². The second-order valence-corrected chi connectivity index (χ2v) is 2.46. The van der Waals surface area contributed by atoms with Crippen molar-refractivity contribution in [3.63, 3.8) is 0 Å². The first-order chi connectivity index (χ1) is 2.56. The third kappa shape index (κ3) is 4.54. The van der Waals surface area contributed by atoms with Crippen molar-refractivity contribution in [2.24, 2.45) is 0 Å². The molecule has 0 aliphatic carbocycles. The molecule has 0 aromatic rings. The molecule has 0 spiro atoms. The van der Waals surface area contributed by atoms with Crippen LogP contribution in [0.3, 0.4) is 0 Å². The first-order valence-corrected chi connectivity index (χ1v) is 2.42. The molecule has 38 valence electrons. The van der Waals surface area contributed by atoms with Gasteiger partial charge in [-0.1, -0.05) is 30.1 Å². The second-order valence-electron chi connectivity index (χ2n) is 1.02. The molecule has 0 aromatic carbocycles. The van der Waals surface area contributed by atoms with Crippen LogP contribution in [0, 0.1) is 0 Å². The maximum Gasteiger partial charge on any atom is 1.00 e. The molecule has 1 N–H and O–H groups in total. The van der Waals surface area contributed by atoms with Crippen molar-refractivity contribution < 1.29 is 6.53 Å². The van der Waals surface area contributed by atoms with E-state index in [-0.39, 0.29) is 1.43 Å². The molecule has 6 heavy (non-hydrogen) atoms. The molecule has 0 saturated heterocycles. The van der Waals surface area contributed by atoms with E-state index in [1.807, 2.05) is 0 Å². The van der Waals surface area contributed by atoms with Crippen LogP contribution in [0.5, 0.6) is 0 Å². The van der Waals surface area contributed by atoms with Gasteiger partial charge in [-0.15, -0.1) is 0 Å². The molecule has 0 unspecified atom stereocenters. The fourth-order valence-corrected chi connectivity index (χ4v) is 0. The lowest BCUT2D eigenvalue weighted by molar-refractivity contribution is 0.210. The highest BCUT2D eigenvalue weighted by Crippen LogP contribution is 2.19. The van der Waals surface area contributed by atoms with Crippen molar-refractivity contribution in [3.05, 3.63) is 0 Å². The third-order valence-electron chi connectivity index (χ3n) is 0.425. The van der Waals surface area contributed by atoms with E-state index in [4.69, 9.17) is 28.3 Å². The minimum Gasteiger partial charge on any atom is -0.363 e. The van der Waals surface area contributed by atoms with Crippen molar-refractivity contribution in [2.45, 2.75) is 17.9 Å². The molecule has 1 nitrogen and oxygen atoms in total. The van der Waals surface area contributed by atoms with Crippen LogP contribution in [0.2, 0.25) is 0 Å². The molecule has 0 saturated carbocycles. The molecule has 0 heterocycles. The average molecular weight is 130 g/mol. The van der Waals surface area contributed by atoms with Gasteiger partial charge in [-0.3, -0.25) is 0 Å². The Labute approximate surface area is 48.4 Å². The summed E-state index contributed by atoms with van der Waals surface area (Å²) in [7, 11) is 0. The Hall–Kier alpha value is 0.540. The van der Waals surface area contributed by atoms with Gasteiger partial charge in [0.1, 0.15) is 0 Å². The van der Waals surface area contributed by atoms with Crippen LogP contribution in [0.4, 0.5) is 0 Å². The second kappa shape index (κ2) is 2.01. The predicted octanol–water partition coefficient (Wildman–Crippen LogP) is 1.63. The largest absolute Gasteiger partial charge is 1.00 e. The Kier molecular flexibility index (Phi) is 2.19. The van der Waals surface area contributed by atoms with Crippen molar-refractivity contribution >= 4 is 23.2 Å². The number of alkyl halides is 2. The van der Waals surface area contributed by atoms with Gasteiger partial charge in [-0.25, -0.2) is 0 Å². The summed E-state index contributed by atoms with van der Waals surface area (Å²) in [5.41, 5.74) is 0. The van der Waals surface area contributed by atoms with Gasteiger partial charge >= 0.3 is 1.43 Å². The molecule has 0 aliphatic rings. The summed E-state index contributed by atoms with van der Waals surface area (Å²) in [6.45, 7) is 1.69. The molecule has 0 amide bonds. The number of halogens is 2. The van der Waals surface area contributed by atoms with Gasteiger partial charge in [-0.05, 0) is 0 Å². The Morgan fingerprint density at radius 1 is 1.83 bits per heavy atom. The molecule has 0 aromatic heterocycles. The van der Waals surface area contributed by atoms with E-state index in [0.29, 0.717) is 6.42 Å². The smallest absolute Gasteiger partial charge is 0.363 e. The summed E-state index contributed by atoms with van der Waals surface area (Å²) in [5.74, 6) is 0. The van der Waals surface area contributed by atoms with Gasteiger partial charge in [0.25, 0.3) is 0 Å². The van der Waals surface area contributed by atoms with Gasteiger partial charge in [0.2, 0.25) is 4.52 Å². The number of rotatable bonds is 1. The van der Waals surface area contributed by atoms with Crippen LogP contribution in [-0.2, 0) is 0 Å². The lowest BCUT2D eigenvalue weighted by Gasteiger charge is -2.04. The molecule has 0 radical (unpaired) electrons. The van der Waals surface area contributed by atoms with Gasteiger partial charge in [0.15, 0.2) is 0 Å². The summed E-state index contributed by atoms with van der Waals surface area (Å²) in [4.78, 5) is 0. The van der Waals surface area contributed by atoms with Crippen molar-refractivity contribution in [3.8, 4) is 0 Å². The van der Waals surface area contributed by atoms with Crippen LogP contribution >= 0.6 is 23.2 Å². The van der Waals surface area contributed by atoms with E-state index < -0.39 is 4.52 Å². The monoisotopic (exact) mass is 129 g/mol. The Morgan fingerprint density at radius 3 is 2.00 bits per heavy atom. The highest BCUT2D eigenvalue weighted by atomic mass is 35.5. The lowest BCUT2D eigenvalue weighted by atomic mass is 10.5. The third-order valence-corrected chi connectivity index (χ3v) is 0.960. The predicted molar refractivity (Wildman–Crippen MR) is 28.1 cm³/mol. The van der Waals surface area contributed by atoms with Crippen LogP contribution in [-0.4, -0.2) is 9.63 Å². The molecular formula is C3H7Cl2O+. The molecule has 0 aliphatic heterocycles. The van der Waals surface area contributed by atoms with Gasteiger partial charge in [0, 0.05) is 6.42 Å². The van der Waals surface area contributed by atoms with Crippen molar-refractivity contribution in [1.82, 2.24) is 0 Å². The average Bonchev–Trinajstić information content (AvgIpc) is 1.35. The zero-order chi connectivity index (χ0) is 5.21. The van der Waals surface area contributed by atoms with E-state index in [1.54, 1.807) is 6.92 Å². The number of aliphatic hydroxyl groups is 1. The van der Waals surface area contributed by atoms with Gasteiger partial charge in [0.05, 0.1) is 0 Å². The summed E-state index contributed by atoms with van der Waals surface area (Å²) in [6, 6.07) is 0. The van der Waals surface area contributed by atoms with E-state index in [9.17, 15) is 0 Å². The SMILES string of the molecule is CCC(O)(Cl)Cl.[H+]. The molecular weight excluding hydrogens is 123 g/mol. The molecule has 0 atom stereocenters. The van der Waals surface area contributed by atoms with Gasteiger partial charge in [-0.2, -0.15) is 0 Å². The van der Waals surface area contributed by atoms with Crippen LogP contribution in [0.15, 0.2) is 0 Å². The fraction of sp³-hybridized carbons (Fsp3) is 1.00. The first kappa shape index (κ1) is 6.54. The molecule has 0 fully saturated rings.